The minimum Gasteiger partial charge on any atom is -0.322 e. The lowest BCUT2D eigenvalue weighted by atomic mass is 10.2. The summed E-state index contributed by atoms with van der Waals surface area (Å²) in [5.41, 5.74) is 1.09. The van der Waals surface area contributed by atoms with Gasteiger partial charge in [0.15, 0.2) is 0 Å². The summed E-state index contributed by atoms with van der Waals surface area (Å²) >= 11 is 12.2. The van der Waals surface area contributed by atoms with Gasteiger partial charge in [-0.3, -0.25) is 9.10 Å². The monoisotopic (exact) mass is 434 g/mol. The summed E-state index contributed by atoms with van der Waals surface area (Å²) in [5, 5.41) is 3.33. The van der Waals surface area contributed by atoms with Crippen LogP contribution >= 0.6 is 23.2 Å². The predicted molar refractivity (Wildman–Crippen MR) is 113 cm³/mol. The van der Waals surface area contributed by atoms with Crippen LogP contribution in [-0.4, -0.2) is 21.4 Å². The maximum atomic E-state index is 12.7. The van der Waals surface area contributed by atoms with Crippen molar-refractivity contribution in [3.05, 3.63) is 88.4 Å². The number of anilines is 2. The molecule has 0 saturated carbocycles. The molecule has 8 heteroatoms. The molecule has 0 aliphatic heterocycles. The third kappa shape index (κ3) is 4.30. The lowest BCUT2D eigenvalue weighted by Crippen LogP contribution is -2.26. The largest absolute Gasteiger partial charge is 0.322 e. The first-order valence-corrected chi connectivity index (χ1v) is 10.4. The molecule has 1 N–H and O–H groups in total. The molecule has 0 atom stereocenters. The zero-order valence-electron chi connectivity index (χ0n) is 14.8. The van der Waals surface area contributed by atoms with E-state index in [4.69, 9.17) is 23.2 Å². The highest BCUT2D eigenvalue weighted by Gasteiger charge is 2.22. The van der Waals surface area contributed by atoms with Crippen LogP contribution in [0, 0.1) is 0 Å². The maximum absolute atomic E-state index is 12.7. The molecule has 3 rings (SSSR count). The van der Waals surface area contributed by atoms with Crippen LogP contribution in [0.3, 0.4) is 0 Å². The number of rotatable bonds is 5. The summed E-state index contributed by atoms with van der Waals surface area (Å²) in [7, 11) is -2.31. The second kappa shape index (κ2) is 8.22. The first-order valence-electron chi connectivity index (χ1n) is 8.19. The number of carbonyl (C=O) groups is 1. The summed E-state index contributed by atoms with van der Waals surface area (Å²) in [5.74, 6) is -0.424. The average Bonchev–Trinajstić information content (AvgIpc) is 2.68. The Morgan fingerprint density at radius 3 is 2.29 bits per heavy atom. The quantitative estimate of drug-likeness (QED) is 0.609. The van der Waals surface area contributed by atoms with Crippen LogP contribution in [0.2, 0.25) is 10.0 Å². The Morgan fingerprint density at radius 2 is 1.64 bits per heavy atom. The van der Waals surface area contributed by atoms with Gasteiger partial charge in [0.25, 0.3) is 15.9 Å². The van der Waals surface area contributed by atoms with Crippen LogP contribution in [0.4, 0.5) is 11.4 Å². The predicted octanol–water partition coefficient (Wildman–Crippen LogP) is 5.07. The van der Waals surface area contributed by atoms with E-state index in [2.05, 4.69) is 5.32 Å². The minimum atomic E-state index is -3.74. The second-order valence-corrected chi connectivity index (χ2v) is 8.73. The lowest BCUT2D eigenvalue weighted by Gasteiger charge is -2.20. The van der Waals surface area contributed by atoms with Gasteiger partial charge < -0.3 is 5.32 Å². The molecule has 0 fully saturated rings. The molecule has 0 aromatic heterocycles. The van der Waals surface area contributed by atoms with Crippen LogP contribution in [0.25, 0.3) is 0 Å². The van der Waals surface area contributed by atoms with E-state index in [0.29, 0.717) is 16.4 Å². The van der Waals surface area contributed by atoms with Crippen molar-refractivity contribution in [1.29, 1.82) is 0 Å². The standard InChI is InChI=1S/C20H16Cl2N2O3S/c1-24(28(26,27)17-8-3-2-4-9-17)16-10-11-18(19(22)13-16)20(25)23-15-7-5-6-14(21)12-15/h2-13H,1H3,(H,23,25). The summed E-state index contributed by atoms with van der Waals surface area (Å²) < 4.78 is 26.6. The van der Waals surface area contributed by atoms with Gasteiger partial charge in [0.1, 0.15) is 0 Å². The van der Waals surface area contributed by atoms with Gasteiger partial charge in [-0.25, -0.2) is 8.42 Å². The van der Waals surface area contributed by atoms with Crippen molar-refractivity contribution in [3.63, 3.8) is 0 Å². The molecule has 28 heavy (non-hydrogen) atoms. The summed E-state index contributed by atoms with van der Waals surface area (Å²) in [6.45, 7) is 0. The Kier molecular flexibility index (Phi) is 5.93. The van der Waals surface area contributed by atoms with Gasteiger partial charge in [-0.1, -0.05) is 47.5 Å². The molecule has 0 saturated heterocycles. The molecule has 3 aromatic rings. The summed E-state index contributed by atoms with van der Waals surface area (Å²) in [4.78, 5) is 12.6. The minimum absolute atomic E-state index is 0.132. The highest BCUT2D eigenvalue weighted by molar-refractivity contribution is 7.92. The summed E-state index contributed by atoms with van der Waals surface area (Å²) in [6, 6.07) is 19.2. The number of nitrogens with one attached hydrogen (secondary N) is 1. The molecule has 0 heterocycles. The third-order valence-electron chi connectivity index (χ3n) is 4.04. The van der Waals surface area contributed by atoms with Gasteiger partial charge in [0.2, 0.25) is 0 Å². The van der Waals surface area contributed by atoms with Crippen molar-refractivity contribution < 1.29 is 13.2 Å². The van der Waals surface area contributed by atoms with Crippen LogP contribution in [-0.2, 0) is 10.0 Å². The Labute approximate surface area is 173 Å². The van der Waals surface area contributed by atoms with Crippen molar-refractivity contribution in [3.8, 4) is 0 Å². The highest BCUT2D eigenvalue weighted by atomic mass is 35.5. The first-order chi connectivity index (χ1) is 13.3. The van der Waals surface area contributed by atoms with E-state index in [0.717, 1.165) is 4.31 Å². The number of halogens is 2. The Morgan fingerprint density at radius 1 is 0.929 bits per heavy atom. The average molecular weight is 435 g/mol. The molecule has 0 spiro atoms. The number of hydrogen-bond acceptors (Lipinski definition) is 3. The van der Waals surface area contributed by atoms with Crippen molar-refractivity contribution in [2.75, 3.05) is 16.7 Å². The van der Waals surface area contributed by atoms with E-state index >= 15 is 0 Å². The SMILES string of the molecule is CN(c1ccc(C(=O)Nc2cccc(Cl)c2)c(Cl)c1)S(=O)(=O)c1ccccc1. The Hall–Kier alpha value is -2.54. The van der Waals surface area contributed by atoms with Gasteiger partial charge in [0, 0.05) is 17.8 Å². The van der Waals surface area contributed by atoms with E-state index in [9.17, 15) is 13.2 Å². The zero-order valence-corrected chi connectivity index (χ0v) is 17.1. The van der Waals surface area contributed by atoms with Crippen molar-refractivity contribution in [2.45, 2.75) is 4.90 Å². The number of benzene rings is 3. The molecular formula is C20H16Cl2N2O3S. The zero-order chi connectivity index (χ0) is 20.3. The Bertz CT molecular complexity index is 1120. The highest BCUT2D eigenvalue weighted by Crippen LogP contribution is 2.28. The molecule has 0 aliphatic rings. The first kappa shape index (κ1) is 20.2. The van der Waals surface area contributed by atoms with Crippen molar-refractivity contribution in [2.24, 2.45) is 0 Å². The lowest BCUT2D eigenvalue weighted by molar-refractivity contribution is 0.102. The number of nitrogens with zero attached hydrogens (tertiary/aromatic N) is 1. The molecular weight excluding hydrogens is 419 g/mol. The Balaban J connectivity index is 1.85. The molecule has 1 amide bonds. The molecule has 5 nitrogen and oxygen atoms in total. The van der Waals surface area contributed by atoms with Crippen LogP contribution < -0.4 is 9.62 Å². The van der Waals surface area contributed by atoms with Crippen molar-refractivity contribution in [1.82, 2.24) is 0 Å². The van der Waals surface area contributed by atoms with Crippen molar-refractivity contribution >= 4 is 50.5 Å². The fourth-order valence-electron chi connectivity index (χ4n) is 2.54. The van der Waals surface area contributed by atoms with Crippen LogP contribution in [0.1, 0.15) is 10.4 Å². The van der Waals surface area contributed by atoms with Crippen LogP contribution in [0.5, 0.6) is 0 Å². The van der Waals surface area contributed by atoms with E-state index in [1.165, 1.54) is 37.4 Å². The van der Waals surface area contributed by atoms with E-state index < -0.39 is 15.9 Å². The molecule has 3 aromatic carbocycles. The number of amides is 1. The third-order valence-corrected chi connectivity index (χ3v) is 6.39. The van der Waals surface area contributed by atoms with E-state index in [1.54, 1.807) is 42.5 Å². The summed E-state index contributed by atoms with van der Waals surface area (Å²) in [6.07, 6.45) is 0. The van der Waals surface area contributed by atoms with Gasteiger partial charge in [-0.2, -0.15) is 0 Å². The number of sulfonamides is 1. The number of hydrogen-bond donors (Lipinski definition) is 1. The van der Waals surface area contributed by atoms with Gasteiger partial charge in [-0.15, -0.1) is 0 Å². The van der Waals surface area contributed by atoms with Crippen LogP contribution in [0.15, 0.2) is 77.7 Å². The maximum Gasteiger partial charge on any atom is 0.264 e. The van der Waals surface area contributed by atoms with E-state index in [1.807, 2.05) is 0 Å². The molecule has 144 valence electrons. The van der Waals surface area contributed by atoms with Gasteiger partial charge >= 0.3 is 0 Å². The topological polar surface area (TPSA) is 66.5 Å². The fraction of sp³-hybridized carbons (Fsp3) is 0.0500. The molecule has 0 bridgehead atoms. The second-order valence-electron chi connectivity index (χ2n) is 5.91. The van der Waals surface area contributed by atoms with E-state index in [-0.39, 0.29) is 15.5 Å². The molecule has 0 radical (unpaired) electrons. The number of carbonyl (C=O) groups excluding carboxylic acids is 1. The smallest absolute Gasteiger partial charge is 0.264 e. The van der Waals surface area contributed by atoms with Gasteiger partial charge in [-0.05, 0) is 48.5 Å². The molecule has 0 unspecified atom stereocenters. The fourth-order valence-corrected chi connectivity index (χ4v) is 4.20. The molecule has 0 aliphatic carbocycles. The normalized spacial score (nSPS) is 11.1. The van der Waals surface area contributed by atoms with Gasteiger partial charge in [0.05, 0.1) is 21.2 Å².